The summed E-state index contributed by atoms with van der Waals surface area (Å²) in [6.45, 7) is 4.84. The smallest absolute Gasteiger partial charge is 0.224 e. The van der Waals surface area contributed by atoms with Gasteiger partial charge in [-0.1, -0.05) is 37.3 Å². The molecule has 4 nitrogen and oxygen atoms in total. The molecule has 1 unspecified atom stereocenters. The van der Waals surface area contributed by atoms with Gasteiger partial charge in [0.05, 0.1) is 19.6 Å². The lowest BCUT2D eigenvalue weighted by Gasteiger charge is -2.37. The zero-order chi connectivity index (χ0) is 19.9. The predicted molar refractivity (Wildman–Crippen MR) is 109 cm³/mol. The van der Waals surface area contributed by atoms with Crippen molar-refractivity contribution < 1.29 is 13.9 Å². The summed E-state index contributed by atoms with van der Waals surface area (Å²) in [4.78, 5) is 14.9. The van der Waals surface area contributed by atoms with Gasteiger partial charge >= 0.3 is 0 Å². The van der Waals surface area contributed by atoms with E-state index in [1.807, 2.05) is 18.2 Å². The van der Waals surface area contributed by atoms with Gasteiger partial charge in [-0.05, 0) is 55.6 Å². The van der Waals surface area contributed by atoms with Crippen LogP contribution in [0.4, 0.5) is 4.39 Å². The Morgan fingerprint density at radius 3 is 2.54 bits per heavy atom. The number of ether oxygens (including phenoxy) is 1. The van der Waals surface area contributed by atoms with E-state index in [9.17, 15) is 9.18 Å². The summed E-state index contributed by atoms with van der Waals surface area (Å²) in [5.41, 5.74) is 1.90. The molecule has 0 spiro atoms. The number of carbonyl (C=O) groups excluding carboxylic acids is 1. The first-order valence-electron chi connectivity index (χ1n) is 9.95. The second kappa shape index (κ2) is 9.69. The molecule has 5 heteroatoms. The van der Waals surface area contributed by atoms with E-state index in [-0.39, 0.29) is 24.2 Å². The van der Waals surface area contributed by atoms with E-state index in [0.717, 1.165) is 48.7 Å². The summed E-state index contributed by atoms with van der Waals surface area (Å²) in [5, 5.41) is 3.07. The van der Waals surface area contributed by atoms with Gasteiger partial charge in [-0.15, -0.1) is 0 Å². The van der Waals surface area contributed by atoms with Crippen LogP contribution < -0.4 is 10.1 Å². The number of carbonyl (C=O) groups is 1. The van der Waals surface area contributed by atoms with Gasteiger partial charge in [-0.2, -0.15) is 0 Å². The fraction of sp³-hybridized carbons (Fsp3) is 0.435. The summed E-state index contributed by atoms with van der Waals surface area (Å²) in [7, 11) is 1.68. The van der Waals surface area contributed by atoms with Crippen molar-refractivity contribution in [1.82, 2.24) is 10.2 Å². The van der Waals surface area contributed by atoms with Crippen molar-refractivity contribution in [3.05, 3.63) is 65.5 Å². The minimum absolute atomic E-state index is 0.0584. The van der Waals surface area contributed by atoms with Gasteiger partial charge in [0.1, 0.15) is 11.6 Å². The van der Waals surface area contributed by atoms with Crippen molar-refractivity contribution in [2.45, 2.75) is 32.2 Å². The number of nitrogens with one attached hydrogen (secondary N) is 1. The van der Waals surface area contributed by atoms with Crippen LogP contribution in [0.15, 0.2) is 48.5 Å². The number of para-hydroxylation sites is 1. The van der Waals surface area contributed by atoms with Crippen LogP contribution >= 0.6 is 0 Å². The van der Waals surface area contributed by atoms with Gasteiger partial charge in [0.25, 0.3) is 0 Å². The molecule has 1 heterocycles. The van der Waals surface area contributed by atoms with Crippen LogP contribution in [0.25, 0.3) is 0 Å². The average Bonchev–Trinajstić information content (AvgIpc) is 2.71. The zero-order valence-corrected chi connectivity index (χ0v) is 16.7. The van der Waals surface area contributed by atoms with Crippen LogP contribution in [-0.2, 0) is 11.2 Å². The second-order valence-corrected chi connectivity index (χ2v) is 7.58. The highest BCUT2D eigenvalue weighted by atomic mass is 19.1. The molecule has 1 aliphatic heterocycles. The van der Waals surface area contributed by atoms with Crippen LogP contribution in [0, 0.1) is 11.7 Å². The van der Waals surface area contributed by atoms with Crippen LogP contribution in [-0.4, -0.2) is 37.6 Å². The van der Waals surface area contributed by atoms with Gasteiger partial charge in [0.2, 0.25) is 5.91 Å². The molecule has 0 saturated carbocycles. The van der Waals surface area contributed by atoms with Crippen molar-refractivity contribution >= 4 is 5.91 Å². The molecule has 28 heavy (non-hydrogen) atoms. The third-order valence-corrected chi connectivity index (χ3v) is 5.53. The molecule has 1 N–H and O–H groups in total. The molecule has 0 radical (unpaired) electrons. The van der Waals surface area contributed by atoms with Crippen molar-refractivity contribution in [2.75, 3.05) is 26.7 Å². The number of likely N-dealkylation sites (tertiary alicyclic amines) is 1. The monoisotopic (exact) mass is 384 g/mol. The largest absolute Gasteiger partial charge is 0.496 e. The Morgan fingerprint density at radius 2 is 1.86 bits per heavy atom. The third-order valence-electron chi connectivity index (χ3n) is 5.53. The Bertz CT molecular complexity index is 770. The SMILES string of the molecule is COc1ccccc1C(CNC(=O)Cc1ccc(F)cc1)N1CCC(C)CC1. The summed E-state index contributed by atoms with van der Waals surface area (Å²) in [6.07, 6.45) is 2.57. The minimum Gasteiger partial charge on any atom is -0.496 e. The van der Waals surface area contributed by atoms with Gasteiger partial charge in [-0.3, -0.25) is 9.69 Å². The Balaban J connectivity index is 1.70. The number of benzene rings is 2. The molecule has 0 aliphatic carbocycles. The van der Waals surface area contributed by atoms with E-state index >= 15 is 0 Å². The number of methoxy groups -OCH3 is 1. The van der Waals surface area contributed by atoms with E-state index in [1.54, 1.807) is 19.2 Å². The molecule has 2 aromatic rings. The molecular formula is C23H29FN2O2. The van der Waals surface area contributed by atoms with Gasteiger partial charge in [-0.25, -0.2) is 4.39 Å². The highest BCUT2D eigenvalue weighted by molar-refractivity contribution is 5.78. The third kappa shape index (κ3) is 5.32. The molecule has 1 atom stereocenters. The van der Waals surface area contributed by atoms with Crippen LogP contribution in [0.5, 0.6) is 5.75 Å². The fourth-order valence-electron chi connectivity index (χ4n) is 3.78. The van der Waals surface area contributed by atoms with Crippen molar-refractivity contribution in [1.29, 1.82) is 0 Å². The Kier molecular flexibility index (Phi) is 7.04. The molecule has 1 fully saturated rings. The van der Waals surface area contributed by atoms with Crippen molar-refractivity contribution in [3.8, 4) is 5.75 Å². The van der Waals surface area contributed by atoms with Crippen LogP contribution in [0.3, 0.4) is 0 Å². The van der Waals surface area contributed by atoms with E-state index in [2.05, 4.69) is 23.2 Å². The maximum atomic E-state index is 13.1. The average molecular weight is 384 g/mol. The highest BCUT2D eigenvalue weighted by Gasteiger charge is 2.27. The number of nitrogens with zero attached hydrogens (tertiary/aromatic N) is 1. The van der Waals surface area contributed by atoms with Crippen LogP contribution in [0.1, 0.15) is 36.9 Å². The Hall–Kier alpha value is -2.40. The number of rotatable bonds is 7. The maximum Gasteiger partial charge on any atom is 0.224 e. The Labute approximate surface area is 166 Å². The lowest BCUT2D eigenvalue weighted by Crippen LogP contribution is -2.42. The molecule has 0 bridgehead atoms. The summed E-state index contributed by atoms with van der Waals surface area (Å²) < 4.78 is 18.6. The molecule has 0 aromatic heterocycles. The number of hydrogen-bond donors (Lipinski definition) is 1. The van der Waals surface area contributed by atoms with Crippen molar-refractivity contribution in [2.24, 2.45) is 5.92 Å². The van der Waals surface area contributed by atoms with E-state index in [1.165, 1.54) is 12.1 Å². The molecule has 2 aromatic carbocycles. The van der Waals surface area contributed by atoms with Gasteiger partial charge < -0.3 is 10.1 Å². The van der Waals surface area contributed by atoms with E-state index in [4.69, 9.17) is 4.74 Å². The fourth-order valence-corrected chi connectivity index (χ4v) is 3.78. The van der Waals surface area contributed by atoms with Crippen molar-refractivity contribution in [3.63, 3.8) is 0 Å². The van der Waals surface area contributed by atoms with Gasteiger partial charge in [0.15, 0.2) is 0 Å². The van der Waals surface area contributed by atoms with E-state index < -0.39 is 0 Å². The molecule has 3 rings (SSSR count). The molecular weight excluding hydrogens is 355 g/mol. The second-order valence-electron chi connectivity index (χ2n) is 7.58. The number of halogens is 1. The number of amides is 1. The summed E-state index contributed by atoms with van der Waals surface area (Å²) in [6, 6.07) is 14.2. The highest BCUT2D eigenvalue weighted by Crippen LogP contribution is 2.31. The Morgan fingerprint density at radius 1 is 1.18 bits per heavy atom. The first kappa shape index (κ1) is 20.3. The number of piperidine rings is 1. The first-order valence-corrected chi connectivity index (χ1v) is 9.95. The normalized spacial score (nSPS) is 16.5. The molecule has 1 aliphatic rings. The molecule has 1 amide bonds. The van der Waals surface area contributed by atoms with E-state index in [0.29, 0.717) is 6.54 Å². The molecule has 1 saturated heterocycles. The maximum absolute atomic E-state index is 13.1. The quantitative estimate of drug-likeness (QED) is 0.785. The zero-order valence-electron chi connectivity index (χ0n) is 16.7. The van der Waals surface area contributed by atoms with Gasteiger partial charge in [0, 0.05) is 12.1 Å². The van der Waals surface area contributed by atoms with Crippen LogP contribution in [0.2, 0.25) is 0 Å². The lowest BCUT2D eigenvalue weighted by atomic mass is 9.95. The first-order chi connectivity index (χ1) is 13.6. The minimum atomic E-state index is -0.292. The lowest BCUT2D eigenvalue weighted by molar-refractivity contribution is -0.120. The number of hydrogen-bond acceptors (Lipinski definition) is 3. The standard InChI is InChI=1S/C23H29FN2O2/c1-17-11-13-26(14-12-17)21(20-5-3-4-6-22(20)28-2)16-25-23(27)15-18-7-9-19(24)10-8-18/h3-10,17,21H,11-16H2,1-2H3,(H,25,27). The molecule has 150 valence electrons. The summed E-state index contributed by atoms with van der Waals surface area (Å²) >= 11 is 0. The summed E-state index contributed by atoms with van der Waals surface area (Å²) in [5.74, 6) is 1.23. The predicted octanol–water partition coefficient (Wildman–Crippen LogP) is 3.97. The topological polar surface area (TPSA) is 41.6 Å².